The summed E-state index contributed by atoms with van der Waals surface area (Å²) in [5.74, 6) is 1.24. The Hall–Kier alpha value is -1.84. The van der Waals surface area contributed by atoms with E-state index in [4.69, 9.17) is 5.73 Å². The highest BCUT2D eigenvalue weighted by molar-refractivity contribution is 6.00. The van der Waals surface area contributed by atoms with E-state index in [1.165, 1.54) is 25.7 Å². The summed E-state index contributed by atoms with van der Waals surface area (Å²) < 4.78 is 0. The molecule has 1 aromatic heterocycles. The van der Waals surface area contributed by atoms with Gasteiger partial charge in [-0.05, 0) is 31.1 Å². The quantitative estimate of drug-likeness (QED) is 0.885. The molecule has 3 aliphatic rings. The molecule has 4 rings (SSSR count). The molecular formula is C16H19N3O. The summed E-state index contributed by atoms with van der Waals surface area (Å²) in [6, 6.07) is 0.493. The first kappa shape index (κ1) is 11.9. The molecule has 0 spiro atoms. The highest BCUT2D eigenvalue weighted by atomic mass is 16.1. The first-order chi connectivity index (χ1) is 9.72. The Labute approximate surface area is 118 Å². The molecule has 1 unspecified atom stereocenters. The maximum Gasteiger partial charge on any atom is 0.252 e. The number of pyridine rings is 1. The Bertz CT molecular complexity index is 608. The van der Waals surface area contributed by atoms with Crippen LogP contribution in [0.15, 0.2) is 12.3 Å². The van der Waals surface area contributed by atoms with Crippen LogP contribution in [0.5, 0.6) is 0 Å². The van der Waals surface area contributed by atoms with Crippen LogP contribution in [0.25, 0.3) is 6.08 Å². The number of primary amides is 1. The Morgan fingerprint density at radius 3 is 2.95 bits per heavy atom. The second-order valence-electron chi connectivity index (χ2n) is 6.30. The van der Waals surface area contributed by atoms with Gasteiger partial charge in [0.05, 0.1) is 16.9 Å². The van der Waals surface area contributed by atoms with Gasteiger partial charge in [-0.25, -0.2) is 0 Å². The standard InChI is InChI=1S/C16H19N3O/c17-16(20)12-8-18-13-3-1-2-11(13)15(12)19-14-7-9-4-5-10(14)6-9/h1-2,8-10,14H,3-7H2,(H2,17,20)(H,18,19)/t9-,10+,14?/m0/s1. The number of nitrogens with zero attached hydrogens (tertiary/aromatic N) is 1. The van der Waals surface area contributed by atoms with E-state index in [1.807, 2.05) is 0 Å². The van der Waals surface area contributed by atoms with Crippen LogP contribution in [0.1, 0.15) is 47.3 Å². The molecule has 0 radical (unpaired) electrons. The van der Waals surface area contributed by atoms with Gasteiger partial charge in [0, 0.05) is 24.2 Å². The van der Waals surface area contributed by atoms with E-state index < -0.39 is 5.91 Å². The number of hydrogen-bond donors (Lipinski definition) is 2. The summed E-state index contributed by atoms with van der Waals surface area (Å²) in [5.41, 5.74) is 9.05. The van der Waals surface area contributed by atoms with Gasteiger partial charge in [-0.15, -0.1) is 0 Å². The first-order valence-electron chi connectivity index (χ1n) is 7.47. The van der Waals surface area contributed by atoms with Gasteiger partial charge < -0.3 is 11.1 Å². The van der Waals surface area contributed by atoms with Crippen LogP contribution in [0.4, 0.5) is 5.69 Å². The number of allylic oxidation sites excluding steroid dienone is 1. The molecule has 2 bridgehead atoms. The SMILES string of the molecule is NC(=O)c1cnc2c(c1NC1C[C@H]3CC[C@@H]1C3)C=CC2. The number of rotatable bonds is 3. The molecular weight excluding hydrogens is 250 g/mol. The van der Waals surface area contributed by atoms with E-state index in [9.17, 15) is 4.79 Å². The molecule has 1 aromatic rings. The third kappa shape index (κ3) is 1.74. The van der Waals surface area contributed by atoms with Crippen molar-refractivity contribution in [2.24, 2.45) is 17.6 Å². The lowest BCUT2D eigenvalue weighted by atomic mass is 9.94. The van der Waals surface area contributed by atoms with Crippen molar-refractivity contribution >= 4 is 17.7 Å². The number of aromatic nitrogens is 1. The van der Waals surface area contributed by atoms with E-state index in [0.717, 1.165) is 35.2 Å². The van der Waals surface area contributed by atoms with Crippen molar-refractivity contribution in [2.45, 2.75) is 38.1 Å². The summed E-state index contributed by atoms with van der Waals surface area (Å²) in [6.45, 7) is 0. The normalized spacial score (nSPS) is 29.7. The van der Waals surface area contributed by atoms with Gasteiger partial charge >= 0.3 is 0 Å². The third-order valence-corrected chi connectivity index (χ3v) is 5.13. The third-order valence-electron chi connectivity index (χ3n) is 5.13. The number of nitrogens with two attached hydrogens (primary N) is 1. The van der Waals surface area contributed by atoms with Crippen molar-refractivity contribution in [2.75, 3.05) is 5.32 Å². The lowest BCUT2D eigenvalue weighted by Gasteiger charge is -2.26. The maximum absolute atomic E-state index is 11.7. The highest BCUT2D eigenvalue weighted by Gasteiger charge is 2.40. The van der Waals surface area contributed by atoms with Crippen molar-refractivity contribution < 1.29 is 4.79 Å². The van der Waals surface area contributed by atoms with E-state index >= 15 is 0 Å². The van der Waals surface area contributed by atoms with Crippen molar-refractivity contribution in [3.8, 4) is 0 Å². The van der Waals surface area contributed by atoms with Crippen LogP contribution in [0.2, 0.25) is 0 Å². The average molecular weight is 269 g/mol. The fraction of sp³-hybridized carbons (Fsp3) is 0.500. The first-order valence-corrected chi connectivity index (χ1v) is 7.47. The topological polar surface area (TPSA) is 68.0 Å². The minimum Gasteiger partial charge on any atom is -0.381 e. The monoisotopic (exact) mass is 269 g/mol. The molecule has 0 saturated heterocycles. The molecule has 2 fully saturated rings. The molecule has 0 aliphatic heterocycles. The second-order valence-corrected chi connectivity index (χ2v) is 6.30. The fourth-order valence-electron chi connectivity index (χ4n) is 4.15. The Balaban J connectivity index is 1.71. The number of nitrogens with one attached hydrogen (secondary N) is 1. The van der Waals surface area contributed by atoms with Gasteiger partial charge in [-0.1, -0.05) is 18.6 Å². The van der Waals surface area contributed by atoms with Gasteiger partial charge in [0.25, 0.3) is 5.91 Å². The van der Waals surface area contributed by atoms with Crippen LogP contribution >= 0.6 is 0 Å². The zero-order valence-electron chi connectivity index (χ0n) is 11.4. The number of anilines is 1. The molecule has 4 nitrogen and oxygen atoms in total. The predicted molar refractivity (Wildman–Crippen MR) is 78.4 cm³/mol. The largest absolute Gasteiger partial charge is 0.381 e. The zero-order chi connectivity index (χ0) is 13.7. The summed E-state index contributed by atoms with van der Waals surface area (Å²) in [6.07, 6.45) is 11.9. The number of amides is 1. The molecule has 3 aliphatic carbocycles. The van der Waals surface area contributed by atoms with Crippen molar-refractivity contribution in [1.82, 2.24) is 4.98 Å². The van der Waals surface area contributed by atoms with Gasteiger partial charge in [0.15, 0.2) is 0 Å². The van der Waals surface area contributed by atoms with Crippen LogP contribution in [0, 0.1) is 11.8 Å². The van der Waals surface area contributed by atoms with Gasteiger partial charge in [-0.3, -0.25) is 9.78 Å². The van der Waals surface area contributed by atoms with Crippen LogP contribution in [0.3, 0.4) is 0 Å². The molecule has 3 N–H and O–H groups in total. The molecule has 104 valence electrons. The molecule has 1 amide bonds. The summed E-state index contributed by atoms with van der Waals surface area (Å²) >= 11 is 0. The highest BCUT2D eigenvalue weighted by Crippen LogP contribution is 2.46. The number of carbonyl (C=O) groups excluding carboxylic acids is 1. The Morgan fingerprint density at radius 1 is 1.35 bits per heavy atom. The van der Waals surface area contributed by atoms with E-state index in [1.54, 1.807) is 6.20 Å². The lowest BCUT2D eigenvalue weighted by molar-refractivity contribution is 0.100. The van der Waals surface area contributed by atoms with Crippen LogP contribution in [-0.2, 0) is 6.42 Å². The Kier molecular flexibility index (Phi) is 2.59. The minimum absolute atomic E-state index is 0.397. The molecule has 0 aromatic carbocycles. The minimum atomic E-state index is -0.397. The summed E-state index contributed by atoms with van der Waals surface area (Å²) in [4.78, 5) is 16.0. The van der Waals surface area contributed by atoms with Gasteiger partial charge in [-0.2, -0.15) is 0 Å². The Morgan fingerprint density at radius 2 is 2.25 bits per heavy atom. The van der Waals surface area contributed by atoms with Gasteiger partial charge in [0.1, 0.15) is 0 Å². The summed E-state index contributed by atoms with van der Waals surface area (Å²) in [5, 5.41) is 3.63. The van der Waals surface area contributed by atoms with E-state index in [0.29, 0.717) is 11.6 Å². The van der Waals surface area contributed by atoms with E-state index in [2.05, 4.69) is 22.5 Å². The molecule has 1 heterocycles. The molecule has 4 heteroatoms. The van der Waals surface area contributed by atoms with Gasteiger partial charge in [0.2, 0.25) is 0 Å². The van der Waals surface area contributed by atoms with Crippen molar-refractivity contribution in [3.63, 3.8) is 0 Å². The number of hydrogen-bond acceptors (Lipinski definition) is 3. The van der Waals surface area contributed by atoms with Crippen molar-refractivity contribution in [3.05, 3.63) is 29.1 Å². The number of carbonyl (C=O) groups is 1. The molecule has 3 atom stereocenters. The predicted octanol–water partition coefficient (Wildman–Crippen LogP) is 2.35. The molecule has 2 saturated carbocycles. The van der Waals surface area contributed by atoms with Crippen LogP contribution < -0.4 is 11.1 Å². The second kappa shape index (κ2) is 4.33. The van der Waals surface area contributed by atoms with E-state index in [-0.39, 0.29) is 0 Å². The van der Waals surface area contributed by atoms with Crippen LogP contribution in [-0.4, -0.2) is 16.9 Å². The zero-order valence-corrected chi connectivity index (χ0v) is 11.4. The molecule has 20 heavy (non-hydrogen) atoms. The maximum atomic E-state index is 11.7. The average Bonchev–Trinajstić information content (AvgIpc) is 3.14. The summed E-state index contributed by atoms with van der Waals surface area (Å²) in [7, 11) is 0. The van der Waals surface area contributed by atoms with Crippen molar-refractivity contribution in [1.29, 1.82) is 0 Å². The smallest absolute Gasteiger partial charge is 0.252 e. The number of fused-ring (bicyclic) bond motifs is 3. The lowest BCUT2D eigenvalue weighted by Crippen LogP contribution is -2.28. The fourth-order valence-corrected chi connectivity index (χ4v) is 4.15.